The lowest BCUT2D eigenvalue weighted by Crippen LogP contribution is -2.43. The molecule has 3 atom stereocenters. The van der Waals surface area contributed by atoms with E-state index in [4.69, 9.17) is 9.47 Å². The standard InChI is InChI=1S/C18H31NO4/c1-3-4-5-6-7-8-9-12-15-16(23-15)17(20)19-13-10-11-14(19)18(21)22-2/h14-16H,3-13H2,1-2H3/t14-,15+,16+/m0/s1. The summed E-state index contributed by atoms with van der Waals surface area (Å²) in [4.78, 5) is 25.8. The van der Waals surface area contributed by atoms with Crippen LogP contribution in [0, 0.1) is 0 Å². The number of epoxide rings is 1. The molecule has 2 heterocycles. The highest BCUT2D eigenvalue weighted by Crippen LogP contribution is 2.32. The van der Waals surface area contributed by atoms with Crippen molar-refractivity contribution in [3.63, 3.8) is 0 Å². The van der Waals surface area contributed by atoms with Gasteiger partial charge >= 0.3 is 5.97 Å². The maximum absolute atomic E-state index is 12.4. The molecule has 0 spiro atoms. The van der Waals surface area contributed by atoms with Gasteiger partial charge in [-0.05, 0) is 19.3 Å². The van der Waals surface area contributed by atoms with Gasteiger partial charge in [0.25, 0.3) is 5.91 Å². The third-order valence-electron chi connectivity index (χ3n) is 4.93. The summed E-state index contributed by atoms with van der Waals surface area (Å²) in [6.45, 7) is 2.87. The van der Waals surface area contributed by atoms with Gasteiger partial charge in [-0.25, -0.2) is 4.79 Å². The lowest BCUT2D eigenvalue weighted by molar-refractivity contribution is -0.151. The molecule has 1 amide bonds. The first-order valence-corrected chi connectivity index (χ1v) is 9.22. The van der Waals surface area contributed by atoms with Crippen molar-refractivity contribution >= 4 is 11.9 Å². The van der Waals surface area contributed by atoms with Crippen molar-refractivity contribution in [2.24, 2.45) is 0 Å². The van der Waals surface area contributed by atoms with E-state index in [0.29, 0.717) is 13.0 Å². The molecular weight excluding hydrogens is 294 g/mol. The molecule has 2 saturated heterocycles. The summed E-state index contributed by atoms with van der Waals surface area (Å²) in [7, 11) is 1.38. The number of carbonyl (C=O) groups excluding carboxylic acids is 2. The van der Waals surface area contributed by atoms with Crippen molar-refractivity contribution in [1.82, 2.24) is 4.90 Å². The van der Waals surface area contributed by atoms with E-state index in [9.17, 15) is 9.59 Å². The van der Waals surface area contributed by atoms with Crippen molar-refractivity contribution in [2.45, 2.75) is 89.4 Å². The third kappa shape index (κ3) is 5.20. The van der Waals surface area contributed by atoms with Crippen LogP contribution in [0.1, 0.15) is 71.1 Å². The predicted molar refractivity (Wildman–Crippen MR) is 88.0 cm³/mol. The Morgan fingerprint density at radius 2 is 1.83 bits per heavy atom. The number of likely N-dealkylation sites (tertiary alicyclic amines) is 1. The average molecular weight is 325 g/mol. The number of ether oxygens (including phenoxy) is 2. The Balaban J connectivity index is 1.62. The molecule has 0 saturated carbocycles. The van der Waals surface area contributed by atoms with Crippen LogP contribution in [0.5, 0.6) is 0 Å². The highest BCUT2D eigenvalue weighted by atomic mass is 16.6. The van der Waals surface area contributed by atoms with Crippen molar-refractivity contribution in [3.8, 4) is 0 Å². The molecule has 0 aromatic rings. The van der Waals surface area contributed by atoms with Crippen LogP contribution in [-0.2, 0) is 19.1 Å². The van der Waals surface area contributed by atoms with Crippen LogP contribution in [0.3, 0.4) is 0 Å². The monoisotopic (exact) mass is 325 g/mol. The molecule has 2 fully saturated rings. The van der Waals surface area contributed by atoms with Crippen molar-refractivity contribution in [3.05, 3.63) is 0 Å². The van der Waals surface area contributed by atoms with E-state index in [1.165, 1.54) is 45.6 Å². The first-order chi connectivity index (χ1) is 11.2. The Morgan fingerprint density at radius 1 is 1.13 bits per heavy atom. The number of unbranched alkanes of at least 4 members (excludes halogenated alkanes) is 6. The fourth-order valence-corrected chi connectivity index (χ4v) is 3.46. The van der Waals surface area contributed by atoms with Gasteiger partial charge in [0.1, 0.15) is 6.04 Å². The van der Waals surface area contributed by atoms with Crippen molar-refractivity contribution in [2.75, 3.05) is 13.7 Å². The molecule has 132 valence electrons. The predicted octanol–water partition coefficient (Wildman–Crippen LogP) is 3.06. The van der Waals surface area contributed by atoms with Crippen molar-refractivity contribution < 1.29 is 19.1 Å². The number of rotatable bonds is 10. The van der Waals surface area contributed by atoms with Gasteiger partial charge in [0, 0.05) is 6.54 Å². The zero-order valence-corrected chi connectivity index (χ0v) is 14.6. The summed E-state index contributed by atoms with van der Waals surface area (Å²) >= 11 is 0. The van der Waals surface area contributed by atoms with Crippen LogP contribution in [-0.4, -0.2) is 48.7 Å². The lowest BCUT2D eigenvalue weighted by atomic mass is 10.1. The number of carbonyl (C=O) groups is 2. The fraction of sp³-hybridized carbons (Fsp3) is 0.889. The Kier molecular flexibility index (Phi) is 7.34. The van der Waals surface area contributed by atoms with Gasteiger partial charge < -0.3 is 14.4 Å². The number of methoxy groups -OCH3 is 1. The molecule has 2 rings (SSSR count). The minimum atomic E-state index is -0.407. The molecule has 0 aromatic heterocycles. The van der Waals surface area contributed by atoms with E-state index in [2.05, 4.69) is 6.92 Å². The number of nitrogens with zero attached hydrogens (tertiary/aromatic N) is 1. The summed E-state index contributed by atoms with van der Waals surface area (Å²) in [5, 5.41) is 0. The molecular formula is C18H31NO4. The summed E-state index contributed by atoms with van der Waals surface area (Å²) in [6, 6.07) is -0.407. The normalized spacial score (nSPS) is 26.3. The maximum atomic E-state index is 12.4. The summed E-state index contributed by atoms with van der Waals surface area (Å²) < 4.78 is 10.3. The zero-order chi connectivity index (χ0) is 16.7. The number of amides is 1. The largest absolute Gasteiger partial charge is 0.467 e. The summed E-state index contributed by atoms with van der Waals surface area (Å²) in [5.74, 6) is -0.328. The Morgan fingerprint density at radius 3 is 2.52 bits per heavy atom. The van der Waals surface area contributed by atoms with Gasteiger partial charge in [0.2, 0.25) is 0 Å². The van der Waals surface area contributed by atoms with Crippen LogP contribution in [0.15, 0.2) is 0 Å². The highest BCUT2D eigenvalue weighted by molar-refractivity contribution is 5.89. The Labute approximate surface area is 139 Å². The SMILES string of the molecule is CCCCCCCCC[C@H]1O[C@H]1C(=O)N1CCC[C@H]1C(=O)OC. The second-order valence-corrected chi connectivity index (χ2v) is 6.72. The minimum Gasteiger partial charge on any atom is -0.467 e. The third-order valence-corrected chi connectivity index (χ3v) is 4.93. The van der Waals surface area contributed by atoms with E-state index in [-0.39, 0.29) is 24.1 Å². The van der Waals surface area contributed by atoms with Gasteiger partial charge in [0.15, 0.2) is 6.10 Å². The van der Waals surface area contributed by atoms with E-state index < -0.39 is 6.04 Å². The van der Waals surface area contributed by atoms with Crippen LogP contribution >= 0.6 is 0 Å². The first-order valence-electron chi connectivity index (χ1n) is 9.22. The molecule has 5 heteroatoms. The molecule has 0 aromatic carbocycles. The molecule has 0 radical (unpaired) electrons. The Bertz CT molecular complexity index is 398. The minimum absolute atomic E-state index is 0.0224. The van der Waals surface area contributed by atoms with Gasteiger partial charge in [0.05, 0.1) is 13.2 Å². The quantitative estimate of drug-likeness (QED) is 0.352. The first kappa shape index (κ1) is 18.2. The van der Waals surface area contributed by atoms with Gasteiger partial charge in [-0.3, -0.25) is 4.79 Å². The molecule has 23 heavy (non-hydrogen) atoms. The second-order valence-electron chi connectivity index (χ2n) is 6.72. The highest BCUT2D eigenvalue weighted by Gasteiger charge is 2.49. The summed E-state index contributed by atoms with van der Waals surface area (Å²) in [5.41, 5.74) is 0. The molecule has 2 aliphatic heterocycles. The van der Waals surface area contributed by atoms with Crippen LogP contribution < -0.4 is 0 Å². The fourth-order valence-electron chi connectivity index (χ4n) is 3.46. The molecule has 0 N–H and O–H groups in total. The van der Waals surface area contributed by atoms with Gasteiger partial charge in [-0.15, -0.1) is 0 Å². The van der Waals surface area contributed by atoms with Gasteiger partial charge in [-0.1, -0.05) is 51.9 Å². The lowest BCUT2D eigenvalue weighted by Gasteiger charge is -2.21. The van der Waals surface area contributed by atoms with Gasteiger partial charge in [-0.2, -0.15) is 0 Å². The Hall–Kier alpha value is -1.10. The number of hydrogen-bond donors (Lipinski definition) is 0. The summed E-state index contributed by atoms with van der Waals surface area (Å²) in [6.07, 6.45) is 11.2. The molecule has 0 bridgehead atoms. The van der Waals surface area contributed by atoms with E-state index in [1.54, 1.807) is 4.90 Å². The smallest absolute Gasteiger partial charge is 0.328 e. The molecule has 0 unspecified atom stereocenters. The van der Waals surface area contributed by atoms with E-state index in [1.807, 2.05) is 0 Å². The van der Waals surface area contributed by atoms with Crippen molar-refractivity contribution in [1.29, 1.82) is 0 Å². The topological polar surface area (TPSA) is 59.1 Å². The average Bonchev–Trinajstić information content (AvgIpc) is 3.16. The molecule has 2 aliphatic rings. The maximum Gasteiger partial charge on any atom is 0.328 e. The second kappa shape index (κ2) is 9.26. The van der Waals surface area contributed by atoms with Crippen LogP contribution in [0.4, 0.5) is 0 Å². The van der Waals surface area contributed by atoms with Crippen LogP contribution in [0.2, 0.25) is 0 Å². The number of hydrogen-bond acceptors (Lipinski definition) is 4. The number of esters is 1. The van der Waals surface area contributed by atoms with E-state index in [0.717, 1.165) is 19.3 Å². The van der Waals surface area contributed by atoms with E-state index >= 15 is 0 Å². The molecule has 0 aliphatic carbocycles. The molecule has 5 nitrogen and oxygen atoms in total. The van der Waals surface area contributed by atoms with Crippen LogP contribution in [0.25, 0.3) is 0 Å². The zero-order valence-electron chi connectivity index (χ0n) is 14.6.